The number of aliphatic hydroxyl groups is 1. The molecule has 0 bridgehead atoms. The Morgan fingerprint density at radius 1 is 1.31 bits per heavy atom. The summed E-state index contributed by atoms with van der Waals surface area (Å²) in [7, 11) is -0.537. The van der Waals surface area contributed by atoms with Crippen LogP contribution in [0.25, 0.3) is 0 Å². The lowest BCUT2D eigenvalue weighted by Gasteiger charge is -2.30. The van der Waals surface area contributed by atoms with E-state index in [1.165, 1.54) is 18.0 Å². The van der Waals surface area contributed by atoms with Gasteiger partial charge in [-0.3, -0.25) is 10.1 Å². The smallest absolute Gasteiger partial charge is 0.244 e. The Morgan fingerprint density at radius 2 is 2.00 bits per heavy atom. The van der Waals surface area contributed by atoms with Gasteiger partial charge in [-0.15, -0.1) is 6.58 Å². The Hall–Kier alpha value is -1.47. The number of rotatable bonds is 12. The number of ether oxygens (including phenoxy) is 1. The number of benzene rings is 1. The maximum absolute atomic E-state index is 13.1. The van der Waals surface area contributed by atoms with Gasteiger partial charge in [0, 0.05) is 21.9 Å². The third-order valence-corrected chi connectivity index (χ3v) is 7.07. The number of nitrogens with zero attached hydrogens (tertiary/aromatic N) is 1. The minimum Gasteiger partial charge on any atom is -0.395 e. The number of aliphatic hydroxyl groups excluding tert-OH is 1. The van der Waals surface area contributed by atoms with Gasteiger partial charge >= 0.3 is 0 Å². The van der Waals surface area contributed by atoms with Crippen LogP contribution in [0, 0.1) is 0 Å². The lowest BCUT2D eigenvalue weighted by atomic mass is 9.99. The molecule has 2 rings (SSSR count). The van der Waals surface area contributed by atoms with Gasteiger partial charge in [0.1, 0.15) is 12.1 Å². The van der Waals surface area contributed by atoms with Crippen molar-refractivity contribution in [2.24, 2.45) is 0 Å². The van der Waals surface area contributed by atoms with E-state index in [1.54, 1.807) is 4.90 Å². The van der Waals surface area contributed by atoms with Crippen molar-refractivity contribution in [3.05, 3.63) is 48.0 Å². The van der Waals surface area contributed by atoms with Crippen molar-refractivity contribution < 1.29 is 14.6 Å². The highest BCUT2D eigenvalue weighted by atomic mass is 28.3. The molecule has 0 aliphatic carbocycles. The highest BCUT2D eigenvalue weighted by Crippen LogP contribution is 2.31. The zero-order chi connectivity index (χ0) is 21.4. The molecule has 1 heterocycles. The van der Waals surface area contributed by atoms with E-state index in [4.69, 9.17) is 4.74 Å². The zero-order valence-electron chi connectivity index (χ0n) is 18.5. The second kappa shape index (κ2) is 11.1. The van der Waals surface area contributed by atoms with E-state index in [0.29, 0.717) is 13.2 Å². The molecule has 1 saturated heterocycles. The Morgan fingerprint density at radius 3 is 2.59 bits per heavy atom. The first-order valence-electron chi connectivity index (χ1n) is 10.8. The molecule has 29 heavy (non-hydrogen) atoms. The minimum atomic E-state index is -0.537. The van der Waals surface area contributed by atoms with E-state index in [-0.39, 0.29) is 18.6 Å². The van der Waals surface area contributed by atoms with Crippen LogP contribution >= 0.6 is 0 Å². The van der Waals surface area contributed by atoms with Gasteiger partial charge in [0.25, 0.3) is 0 Å². The van der Waals surface area contributed by atoms with Gasteiger partial charge in [0.05, 0.1) is 12.3 Å². The minimum absolute atomic E-state index is 0.0150. The van der Waals surface area contributed by atoms with Crippen LogP contribution in [0.4, 0.5) is 0 Å². The van der Waals surface area contributed by atoms with E-state index in [9.17, 15) is 9.90 Å². The maximum atomic E-state index is 13.1. The van der Waals surface area contributed by atoms with Crippen LogP contribution in [0.3, 0.4) is 0 Å². The molecule has 5 nitrogen and oxygen atoms in total. The van der Waals surface area contributed by atoms with Gasteiger partial charge < -0.3 is 14.7 Å². The number of nitrogens with one attached hydrogen (secondary N) is 1. The van der Waals surface area contributed by atoms with Crippen LogP contribution in [0.2, 0.25) is 19.1 Å². The molecule has 1 fully saturated rings. The standard InChI is InChI=1S/C23H38N2O3Si/c1-6-9-18-10-12-19(13-11-18)21(28-16-7-8-17-29(4)5)20-22(27)25(14-15-26)23(2,3)24-20/h6,10-13,20-21,24,26,29H,1,7-9,14-17H2,2-5H3/t20-,21?/m0/s1. The van der Waals surface area contributed by atoms with Gasteiger partial charge in [0.15, 0.2) is 0 Å². The predicted octanol–water partition coefficient (Wildman–Crippen LogP) is 3.27. The van der Waals surface area contributed by atoms with E-state index < -0.39 is 20.5 Å². The summed E-state index contributed by atoms with van der Waals surface area (Å²) in [6.07, 6.45) is 4.56. The van der Waals surface area contributed by atoms with Crippen molar-refractivity contribution in [2.75, 3.05) is 19.8 Å². The SMILES string of the molecule is C=CCc1ccc(C(OCCCC[SiH](C)C)[C@@H]2NC(C)(C)N(CCO)C2=O)cc1. The molecule has 6 heteroatoms. The summed E-state index contributed by atoms with van der Waals surface area (Å²) in [6.45, 7) is 13.4. The van der Waals surface area contributed by atoms with Crippen molar-refractivity contribution in [1.29, 1.82) is 0 Å². The largest absolute Gasteiger partial charge is 0.395 e. The van der Waals surface area contributed by atoms with Crippen molar-refractivity contribution in [2.45, 2.75) is 70.1 Å². The van der Waals surface area contributed by atoms with Crippen LogP contribution in [0.15, 0.2) is 36.9 Å². The van der Waals surface area contributed by atoms with Crippen molar-refractivity contribution >= 4 is 14.7 Å². The Balaban J connectivity index is 2.17. The monoisotopic (exact) mass is 418 g/mol. The number of β-amino-alcohol motifs (C(OH)–C–C–N with tert-alkyl or cyclic N) is 1. The first-order valence-corrected chi connectivity index (χ1v) is 13.9. The Labute approximate surface area is 177 Å². The molecule has 1 aromatic rings. The average molecular weight is 419 g/mol. The van der Waals surface area contributed by atoms with Gasteiger partial charge in [-0.05, 0) is 37.8 Å². The van der Waals surface area contributed by atoms with Crippen LogP contribution in [0.5, 0.6) is 0 Å². The fourth-order valence-corrected chi connectivity index (χ4v) is 5.02. The number of hydrogen-bond donors (Lipinski definition) is 2. The number of allylic oxidation sites excluding steroid dienone is 1. The van der Waals surface area contributed by atoms with E-state index in [0.717, 1.165) is 18.4 Å². The molecule has 0 aromatic heterocycles. The molecule has 2 N–H and O–H groups in total. The van der Waals surface area contributed by atoms with Gasteiger partial charge in [-0.2, -0.15) is 0 Å². The second-order valence-corrected chi connectivity index (χ2v) is 12.2. The molecule has 1 aromatic carbocycles. The predicted molar refractivity (Wildman–Crippen MR) is 122 cm³/mol. The number of carbonyl (C=O) groups is 1. The fourth-order valence-electron chi connectivity index (χ4n) is 3.92. The first-order chi connectivity index (χ1) is 13.8. The van der Waals surface area contributed by atoms with Crippen molar-refractivity contribution in [1.82, 2.24) is 10.2 Å². The Kier molecular flexibility index (Phi) is 9.08. The van der Waals surface area contributed by atoms with Crippen LogP contribution in [0.1, 0.15) is 43.9 Å². The number of hydrogen-bond acceptors (Lipinski definition) is 4. The third kappa shape index (κ3) is 6.51. The molecule has 1 aliphatic rings. The second-order valence-electron chi connectivity index (χ2n) is 8.81. The summed E-state index contributed by atoms with van der Waals surface area (Å²) in [5, 5.41) is 12.8. The topological polar surface area (TPSA) is 61.8 Å². The quantitative estimate of drug-likeness (QED) is 0.311. The molecule has 1 aliphatic heterocycles. The molecular weight excluding hydrogens is 380 g/mol. The molecule has 0 radical (unpaired) electrons. The molecule has 2 atom stereocenters. The van der Waals surface area contributed by atoms with Crippen molar-refractivity contribution in [3.8, 4) is 0 Å². The number of amides is 1. The van der Waals surface area contributed by atoms with Gasteiger partial charge in [-0.1, -0.05) is 55.9 Å². The average Bonchev–Trinajstić information content (AvgIpc) is 2.89. The summed E-state index contributed by atoms with van der Waals surface area (Å²) in [5.41, 5.74) is 1.68. The summed E-state index contributed by atoms with van der Waals surface area (Å²) < 4.78 is 6.31. The van der Waals surface area contributed by atoms with Crippen LogP contribution in [-0.4, -0.2) is 56.2 Å². The molecule has 0 spiro atoms. The van der Waals surface area contributed by atoms with Gasteiger partial charge in [-0.25, -0.2) is 0 Å². The lowest BCUT2D eigenvalue weighted by molar-refractivity contribution is -0.134. The number of unbranched alkanes of at least 4 members (excludes halogenated alkanes) is 1. The summed E-state index contributed by atoms with van der Waals surface area (Å²) >= 11 is 0. The van der Waals surface area contributed by atoms with Crippen LogP contribution in [-0.2, 0) is 16.0 Å². The van der Waals surface area contributed by atoms with E-state index >= 15 is 0 Å². The van der Waals surface area contributed by atoms with E-state index in [1.807, 2.05) is 19.9 Å². The molecular formula is C23H38N2O3Si. The lowest BCUT2D eigenvalue weighted by Crippen LogP contribution is -2.48. The fraction of sp³-hybridized carbons (Fsp3) is 0.609. The zero-order valence-corrected chi connectivity index (χ0v) is 19.6. The summed E-state index contributed by atoms with van der Waals surface area (Å²) in [6, 6.07) is 9.13. The summed E-state index contributed by atoms with van der Waals surface area (Å²) in [5.74, 6) is -0.0150. The highest BCUT2D eigenvalue weighted by molar-refractivity contribution is 6.55. The first kappa shape index (κ1) is 23.8. The molecule has 0 saturated carbocycles. The van der Waals surface area contributed by atoms with E-state index in [2.05, 4.69) is 49.3 Å². The number of carbonyl (C=O) groups excluding carboxylic acids is 1. The third-order valence-electron chi connectivity index (χ3n) is 5.50. The Bertz CT molecular complexity index is 661. The van der Waals surface area contributed by atoms with Crippen LogP contribution < -0.4 is 5.32 Å². The molecule has 1 unspecified atom stereocenters. The highest BCUT2D eigenvalue weighted by Gasteiger charge is 2.47. The molecule has 162 valence electrons. The summed E-state index contributed by atoms with van der Waals surface area (Å²) in [4.78, 5) is 14.9. The maximum Gasteiger partial charge on any atom is 0.244 e. The van der Waals surface area contributed by atoms with Gasteiger partial charge in [0.2, 0.25) is 5.91 Å². The normalized spacial score (nSPS) is 19.7. The molecule has 1 amide bonds. The van der Waals surface area contributed by atoms with Crippen molar-refractivity contribution in [3.63, 3.8) is 0 Å².